The number of imidazole rings is 1. The van der Waals surface area contributed by atoms with Gasteiger partial charge in [-0.1, -0.05) is 38.1 Å². The largest absolute Gasteiger partial charge is 0.352 e. The number of nitrogens with zero attached hydrogens (tertiary/aromatic N) is 2. The molecule has 0 radical (unpaired) electrons. The van der Waals surface area contributed by atoms with E-state index >= 15 is 0 Å². The third-order valence-corrected chi connectivity index (χ3v) is 5.11. The maximum absolute atomic E-state index is 12.3. The van der Waals surface area contributed by atoms with Crippen LogP contribution in [-0.4, -0.2) is 47.0 Å². The number of hydrogen-bond acceptors (Lipinski definition) is 3. The van der Waals surface area contributed by atoms with Gasteiger partial charge < -0.3 is 15.2 Å². The highest BCUT2D eigenvalue weighted by Crippen LogP contribution is 2.14. The van der Waals surface area contributed by atoms with Gasteiger partial charge in [-0.05, 0) is 62.3 Å². The second-order valence-corrected chi connectivity index (χ2v) is 7.06. The third kappa shape index (κ3) is 5.42. The molecule has 0 saturated heterocycles. The van der Waals surface area contributed by atoms with Crippen LogP contribution in [0.5, 0.6) is 0 Å². The Labute approximate surface area is 167 Å². The summed E-state index contributed by atoms with van der Waals surface area (Å²) in [5.41, 5.74) is 3.87. The van der Waals surface area contributed by atoms with Gasteiger partial charge >= 0.3 is 0 Å². The Hall–Kier alpha value is -2.66. The summed E-state index contributed by atoms with van der Waals surface area (Å²) in [7, 11) is 0. The summed E-state index contributed by atoms with van der Waals surface area (Å²) in [6.45, 7) is 8.36. The van der Waals surface area contributed by atoms with Crippen molar-refractivity contribution in [3.05, 3.63) is 65.5 Å². The number of aromatic amines is 1. The Balaban J connectivity index is 1.46. The van der Waals surface area contributed by atoms with E-state index in [1.807, 2.05) is 48.5 Å². The fourth-order valence-corrected chi connectivity index (χ4v) is 3.36. The molecule has 0 saturated carbocycles. The van der Waals surface area contributed by atoms with Crippen molar-refractivity contribution in [2.45, 2.75) is 33.1 Å². The van der Waals surface area contributed by atoms with Gasteiger partial charge in [-0.2, -0.15) is 0 Å². The molecule has 0 atom stereocenters. The zero-order valence-corrected chi connectivity index (χ0v) is 16.9. The third-order valence-electron chi connectivity index (χ3n) is 5.11. The van der Waals surface area contributed by atoms with E-state index in [1.54, 1.807) is 0 Å². The fraction of sp³-hybridized carbons (Fsp3) is 0.391. The minimum Gasteiger partial charge on any atom is -0.352 e. The van der Waals surface area contributed by atoms with Crippen molar-refractivity contribution in [1.82, 2.24) is 20.2 Å². The SMILES string of the molecule is CCN(CC)CCCCNC(=O)c1ccc(Cc2nc3ccccc3[nH]2)cc1. The highest BCUT2D eigenvalue weighted by Gasteiger charge is 2.07. The molecule has 5 heteroatoms. The van der Waals surface area contributed by atoms with Gasteiger partial charge in [0.15, 0.2) is 0 Å². The zero-order valence-electron chi connectivity index (χ0n) is 16.9. The number of benzene rings is 2. The first-order valence-electron chi connectivity index (χ1n) is 10.2. The molecule has 0 unspecified atom stereocenters. The lowest BCUT2D eigenvalue weighted by molar-refractivity contribution is 0.0952. The second kappa shape index (κ2) is 10.0. The number of amides is 1. The predicted octanol–water partition coefficient (Wildman–Crippen LogP) is 4.01. The Morgan fingerprint density at radius 2 is 1.79 bits per heavy atom. The van der Waals surface area contributed by atoms with E-state index in [-0.39, 0.29) is 5.91 Å². The number of aromatic nitrogens is 2. The number of nitrogens with one attached hydrogen (secondary N) is 2. The summed E-state index contributed by atoms with van der Waals surface area (Å²) in [6.07, 6.45) is 2.84. The molecule has 0 fully saturated rings. The smallest absolute Gasteiger partial charge is 0.251 e. The van der Waals surface area contributed by atoms with Crippen molar-refractivity contribution in [1.29, 1.82) is 0 Å². The van der Waals surface area contributed by atoms with Crippen LogP contribution in [0.4, 0.5) is 0 Å². The number of H-pyrrole nitrogens is 1. The summed E-state index contributed by atoms with van der Waals surface area (Å²) in [4.78, 5) is 22.7. The van der Waals surface area contributed by atoms with E-state index in [4.69, 9.17) is 0 Å². The summed E-state index contributed by atoms with van der Waals surface area (Å²) in [5, 5.41) is 3.02. The van der Waals surface area contributed by atoms with Gasteiger partial charge in [-0.25, -0.2) is 4.98 Å². The van der Waals surface area contributed by atoms with Gasteiger partial charge in [0.2, 0.25) is 0 Å². The Kier molecular flexibility index (Phi) is 7.20. The average molecular weight is 379 g/mol. The summed E-state index contributed by atoms with van der Waals surface area (Å²) < 4.78 is 0. The monoisotopic (exact) mass is 378 g/mol. The molecule has 3 aromatic rings. The van der Waals surface area contributed by atoms with Crippen LogP contribution in [0, 0.1) is 0 Å². The van der Waals surface area contributed by atoms with Crippen LogP contribution in [0.3, 0.4) is 0 Å². The molecule has 148 valence electrons. The van der Waals surface area contributed by atoms with Gasteiger partial charge in [-0.15, -0.1) is 0 Å². The summed E-state index contributed by atoms with van der Waals surface area (Å²) >= 11 is 0. The standard InChI is InChI=1S/C23H30N4O/c1-3-27(4-2)16-8-7-15-24-23(28)19-13-11-18(12-14-19)17-22-25-20-9-5-6-10-21(20)26-22/h5-6,9-14H,3-4,7-8,15-17H2,1-2H3,(H,24,28)(H,25,26). The van der Waals surface area contributed by atoms with E-state index in [9.17, 15) is 4.79 Å². The molecule has 5 nitrogen and oxygen atoms in total. The quantitative estimate of drug-likeness (QED) is 0.524. The van der Waals surface area contributed by atoms with Crippen molar-refractivity contribution in [2.75, 3.05) is 26.2 Å². The van der Waals surface area contributed by atoms with Crippen LogP contribution in [0.15, 0.2) is 48.5 Å². The van der Waals surface area contributed by atoms with E-state index in [1.165, 1.54) is 0 Å². The second-order valence-electron chi connectivity index (χ2n) is 7.06. The van der Waals surface area contributed by atoms with Crippen molar-refractivity contribution in [3.63, 3.8) is 0 Å². The summed E-state index contributed by atoms with van der Waals surface area (Å²) in [6, 6.07) is 15.8. The molecule has 0 aliphatic carbocycles. The van der Waals surface area contributed by atoms with Crippen molar-refractivity contribution < 1.29 is 4.79 Å². The minimum atomic E-state index is -0.00173. The molecule has 0 spiro atoms. The molecule has 0 aliphatic heterocycles. The molecule has 0 bridgehead atoms. The minimum absolute atomic E-state index is 0.00173. The van der Waals surface area contributed by atoms with Gasteiger partial charge in [0.05, 0.1) is 11.0 Å². The van der Waals surface area contributed by atoms with Crippen LogP contribution in [0.2, 0.25) is 0 Å². The molecule has 1 aromatic heterocycles. The summed E-state index contributed by atoms with van der Waals surface area (Å²) in [5.74, 6) is 0.935. The number of unbranched alkanes of at least 4 members (excludes halogenated alkanes) is 1. The molecule has 0 aliphatic rings. The van der Waals surface area contributed by atoms with Crippen LogP contribution in [0.25, 0.3) is 11.0 Å². The Morgan fingerprint density at radius 1 is 1.04 bits per heavy atom. The normalized spacial score (nSPS) is 11.2. The van der Waals surface area contributed by atoms with E-state index < -0.39 is 0 Å². The van der Waals surface area contributed by atoms with Gasteiger partial charge in [0, 0.05) is 18.5 Å². The van der Waals surface area contributed by atoms with Crippen LogP contribution in [0.1, 0.15) is 48.4 Å². The van der Waals surface area contributed by atoms with Crippen molar-refractivity contribution in [3.8, 4) is 0 Å². The first-order valence-corrected chi connectivity index (χ1v) is 10.2. The van der Waals surface area contributed by atoms with Crippen molar-refractivity contribution >= 4 is 16.9 Å². The van der Waals surface area contributed by atoms with E-state index in [2.05, 4.69) is 34.0 Å². The Morgan fingerprint density at radius 3 is 2.50 bits per heavy atom. The lowest BCUT2D eigenvalue weighted by Crippen LogP contribution is -2.27. The van der Waals surface area contributed by atoms with Crippen LogP contribution >= 0.6 is 0 Å². The number of rotatable bonds is 10. The lowest BCUT2D eigenvalue weighted by Gasteiger charge is -2.17. The number of carbonyl (C=O) groups excluding carboxylic acids is 1. The predicted molar refractivity (Wildman–Crippen MR) is 115 cm³/mol. The molecule has 2 N–H and O–H groups in total. The molecule has 3 rings (SSSR count). The highest BCUT2D eigenvalue weighted by molar-refractivity contribution is 5.94. The van der Waals surface area contributed by atoms with Gasteiger partial charge in [-0.3, -0.25) is 4.79 Å². The van der Waals surface area contributed by atoms with Gasteiger partial charge in [0.25, 0.3) is 5.91 Å². The van der Waals surface area contributed by atoms with Crippen LogP contribution in [-0.2, 0) is 6.42 Å². The number of para-hydroxylation sites is 2. The molecule has 28 heavy (non-hydrogen) atoms. The van der Waals surface area contributed by atoms with Crippen molar-refractivity contribution in [2.24, 2.45) is 0 Å². The first-order chi connectivity index (χ1) is 13.7. The van der Waals surface area contributed by atoms with E-state index in [0.29, 0.717) is 5.56 Å². The first kappa shape index (κ1) is 20.1. The molecular weight excluding hydrogens is 348 g/mol. The molecule has 1 heterocycles. The topological polar surface area (TPSA) is 61.0 Å². The van der Waals surface area contributed by atoms with Gasteiger partial charge in [0.1, 0.15) is 5.82 Å². The Bertz CT molecular complexity index is 848. The molecular formula is C23H30N4O. The highest BCUT2D eigenvalue weighted by atomic mass is 16.1. The number of carbonyl (C=O) groups is 1. The maximum Gasteiger partial charge on any atom is 0.251 e. The number of fused-ring (bicyclic) bond motifs is 1. The van der Waals surface area contributed by atoms with Crippen LogP contribution < -0.4 is 5.32 Å². The maximum atomic E-state index is 12.3. The average Bonchev–Trinajstić information content (AvgIpc) is 3.13. The zero-order chi connectivity index (χ0) is 19.8. The molecule has 1 amide bonds. The number of hydrogen-bond donors (Lipinski definition) is 2. The molecule has 2 aromatic carbocycles. The van der Waals surface area contributed by atoms with E-state index in [0.717, 1.165) is 67.9 Å². The fourth-order valence-electron chi connectivity index (χ4n) is 3.36. The lowest BCUT2D eigenvalue weighted by atomic mass is 10.1.